The molecule has 0 radical (unpaired) electrons. The van der Waals surface area contributed by atoms with Crippen LogP contribution in [0.25, 0.3) is 22.6 Å². The number of para-hydroxylation sites is 1. The first kappa shape index (κ1) is 9.72. The number of oxazole rings is 1. The van der Waals surface area contributed by atoms with Crippen LogP contribution in [0.3, 0.4) is 0 Å². The molecule has 17 heavy (non-hydrogen) atoms. The first-order valence-electron chi connectivity index (χ1n) is 5.25. The molecule has 0 unspecified atom stereocenters. The Bertz CT molecular complexity index is 688. The second-order valence-corrected chi connectivity index (χ2v) is 3.84. The SMILES string of the molecule is Nc1cccc(-c2nc3c(N)cccc3o2)c1. The minimum Gasteiger partial charge on any atom is -0.436 e. The molecule has 0 aliphatic rings. The third-order valence-corrected chi connectivity index (χ3v) is 2.58. The van der Waals surface area contributed by atoms with Crippen LogP contribution in [-0.2, 0) is 0 Å². The molecule has 0 aliphatic carbocycles. The van der Waals surface area contributed by atoms with E-state index in [0.29, 0.717) is 28.4 Å². The van der Waals surface area contributed by atoms with Gasteiger partial charge in [-0.2, -0.15) is 0 Å². The predicted molar refractivity (Wildman–Crippen MR) is 68.3 cm³/mol. The Morgan fingerprint density at radius 1 is 1.00 bits per heavy atom. The minimum atomic E-state index is 0.533. The van der Waals surface area contributed by atoms with E-state index in [4.69, 9.17) is 15.9 Å². The maximum Gasteiger partial charge on any atom is 0.227 e. The maximum atomic E-state index is 5.83. The molecule has 0 spiro atoms. The summed E-state index contributed by atoms with van der Waals surface area (Å²) in [6, 6.07) is 12.9. The van der Waals surface area contributed by atoms with Crippen LogP contribution in [0.4, 0.5) is 11.4 Å². The largest absolute Gasteiger partial charge is 0.436 e. The number of hydrogen-bond donors (Lipinski definition) is 2. The molecule has 2 aromatic carbocycles. The van der Waals surface area contributed by atoms with Crippen molar-refractivity contribution in [3.63, 3.8) is 0 Å². The average Bonchev–Trinajstić information content (AvgIpc) is 2.74. The smallest absolute Gasteiger partial charge is 0.227 e. The van der Waals surface area contributed by atoms with Gasteiger partial charge in [-0.3, -0.25) is 0 Å². The topological polar surface area (TPSA) is 78.1 Å². The summed E-state index contributed by atoms with van der Waals surface area (Å²) in [5.74, 6) is 0.533. The van der Waals surface area contributed by atoms with Crippen molar-refractivity contribution in [2.24, 2.45) is 0 Å². The van der Waals surface area contributed by atoms with Crippen LogP contribution >= 0.6 is 0 Å². The molecule has 0 saturated carbocycles. The summed E-state index contributed by atoms with van der Waals surface area (Å²) >= 11 is 0. The van der Waals surface area contributed by atoms with Crippen LogP contribution in [0.2, 0.25) is 0 Å². The Morgan fingerprint density at radius 2 is 1.82 bits per heavy atom. The number of nitrogens with zero attached hydrogens (tertiary/aromatic N) is 1. The molecule has 0 bridgehead atoms. The van der Waals surface area contributed by atoms with Crippen LogP contribution in [0.15, 0.2) is 46.9 Å². The maximum absolute atomic E-state index is 5.83. The summed E-state index contributed by atoms with van der Waals surface area (Å²) in [5.41, 5.74) is 15.1. The van der Waals surface area contributed by atoms with E-state index >= 15 is 0 Å². The Labute approximate surface area is 97.9 Å². The lowest BCUT2D eigenvalue weighted by atomic mass is 10.2. The molecule has 84 valence electrons. The monoisotopic (exact) mass is 225 g/mol. The second-order valence-electron chi connectivity index (χ2n) is 3.84. The van der Waals surface area contributed by atoms with Gasteiger partial charge in [0.25, 0.3) is 0 Å². The van der Waals surface area contributed by atoms with E-state index in [1.807, 2.05) is 36.4 Å². The zero-order chi connectivity index (χ0) is 11.8. The highest BCUT2D eigenvalue weighted by Crippen LogP contribution is 2.27. The standard InChI is InChI=1S/C13H11N3O/c14-9-4-1-3-8(7-9)13-16-12-10(15)5-2-6-11(12)17-13/h1-7H,14-15H2. The van der Waals surface area contributed by atoms with Gasteiger partial charge in [-0.25, -0.2) is 4.98 Å². The van der Waals surface area contributed by atoms with Crippen molar-refractivity contribution in [1.82, 2.24) is 4.98 Å². The number of benzene rings is 2. The number of rotatable bonds is 1. The Hall–Kier alpha value is -2.49. The summed E-state index contributed by atoms with van der Waals surface area (Å²) in [6.07, 6.45) is 0. The zero-order valence-corrected chi connectivity index (χ0v) is 9.05. The number of anilines is 2. The van der Waals surface area contributed by atoms with Crippen molar-refractivity contribution in [2.45, 2.75) is 0 Å². The fraction of sp³-hybridized carbons (Fsp3) is 0. The number of nitrogen functional groups attached to an aromatic ring is 2. The molecule has 0 amide bonds. The van der Waals surface area contributed by atoms with Gasteiger partial charge >= 0.3 is 0 Å². The Balaban J connectivity index is 2.22. The van der Waals surface area contributed by atoms with Crippen LogP contribution in [0.5, 0.6) is 0 Å². The van der Waals surface area contributed by atoms with Gasteiger partial charge in [-0.05, 0) is 30.3 Å². The van der Waals surface area contributed by atoms with Gasteiger partial charge < -0.3 is 15.9 Å². The highest BCUT2D eigenvalue weighted by Gasteiger charge is 2.09. The molecule has 4 nitrogen and oxygen atoms in total. The summed E-state index contributed by atoms with van der Waals surface area (Å²) < 4.78 is 5.64. The molecular formula is C13H11N3O. The molecule has 1 aromatic heterocycles. The number of nitrogens with two attached hydrogens (primary N) is 2. The minimum absolute atomic E-state index is 0.533. The fourth-order valence-corrected chi connectivity index (χ4v) is 1.77. The van der Waals surface area contributed by atoms with Crippen molar-refractivity contribution in [3.05, 3.63) is 42.5 Å². The van der Waals surface area contributed by atoms with Gasteiger partial charge in [0.1, 0.15) is 5.52 Å². The number of aromatic nitrogens is 1. The summed E-state index contributed by atoms with van der Waals surface area (Å²) in [4.78, 5) is 4.38. The highest BCUT2D eigenvalue weighted by atomic mass is 16.3. The number of hydrogen-bond acceptors (Lipinski definition) is 4. The molecule has 0 saturated heterocycles. The lowest BCUT2D eigenvalue weighted by Crippen LogP contribution is -1.86. The molecule has 0 fully saturated rings. The van der Waals surface area contributed by atoms with E-state index in [-0.39, 0.29) is 0 Å². The molecule has 4 heteroatoms. The van der Waals surface area contributed by atoms with Gasteiger partial charge in [0.15, 0.2) is 5.58 Å². The van der Waals surface area contributed by atoms with E-state index < -0.39 is 0 Å². The fourth-order valence-electron chi connectivity index (χ4n) is 1.77. The van der Waals surface area contributed by atoms with Crippen molar-refractivity contribution in [3.8, 4) is 11.5 Å². The zero-order valence-electron chi connectivity index (χ0n) is 9.05. The molecule has 4 N–H and O–H groups in total. The lowest BCUT2D eigenvalue weighted by molar-refractivity contribution is 0.620. The highest BCUT2D eigenvalue weighted by molar-refractivity contribution is 5.87. The second kappa shape index (κ2) is 3.52. The lowest BCUT2D eigenvalue weighted by Gasteiger charge is -1.95. The molecule has 1 heterocycles. The summed E-state index contributed by atoms with van der Waals surface area (Å²) in [5, 5.41) is 0. The van der Waals surface area contributed by atoms with Crippen molar-refractivity contribution >= 4 is 22.5 Å². The average molecular weight is 225 g/mol. The van der Waals surface area contributed by atoms with Crippen LogP contribution < -0.4 is 11.5 Å². The Kier molecular flexibility index (Phi) is 2.01. The van der Waals surface area contributed by atoms with Crippen molar-refractivity contribution in [1.29, 1.82) is 0 Å². The normalized spacial score (nSPS) is 10.8. The van der Waals surface area contributed by atoms with E-state index in [1.54, 1.807) is 6.07 Å². The first-order chi connectivity index (χ1) is 8.24. The first-order valence-corrected chi connectivity index (χ1v) is 5.25. The molecule has 3 aromatic rings. The van der Waals surface area contributed by atoms with Gasteiger partial charge in [-0.1, -0.05) is 12.1 Å². The summed E-state index contributed by atoms with van der Waals surface area (Å²) in [6.45, 7) is 0. The van der Waals surface area contributed by atoms with E-state index in [1.165, 1.54) is 0 Å². The van der Waals surface area contributed by atoms with Crippen LogP contribution in [0.1, 0.15) is 0 Å². The van der Waals surface area contributed by atoms with E-state index in [9.17, 15) is 0 Å². The van der Waals surface area contributed by atoms with E-state index in [0.717, 1.165) is 5.56 Å². The molecule has 0 aliphatic heterocycles. The van der Waals surface area contributed by atoms with Crippen LogP contribution in [0, 0.1) is 0 Å². The molecular weight excluding hydrogens is 214 g/mol. The summed E-state index contributed by atoms with van der Waals surface area (Å²) in [7, 11) is 0. The molecule has 3 rings (SSSR count). The third kappa shape index (κ3) is 1.59. The molecule has 0 atom stereocenters. The van der Waals surface area contributed by atoms with Gasteiger partial charge in [0.2, 0.25) is 5.89 Å². The Morgan fingerprint density at radius 3 is 2.59 bits per heavy atom. The predicted octanol–water partition coefficient (Wildman–Crippen LogP) is 2.66. The van der Waals surface area contributed by atoms with Crippen molar-refractivity contribution in [2.75, 3.05) is 11.5 Å². The van der Waals surface area contributed by atoms with Gasteiger partial charge in [0, 0.05) is 11.3 Å². The van der Waals surface area contributed by atoms with E-state index in [2.05, 4.69) is 4.98 Å². The number of fused-ring (bicyclic) bond motifs is 1. The van der Waals surface area contributed by atoms with Crippen molar-refractivity contribution < 1.29 is 4.42 Å². The van der Waals surface area contributed by atoms with Gasteiger partial charge in [-0.15, -0.1) is 0 Å². The third-order valence-electron chi connectivity index (χ3n) is 2.58. The van der Waals surface area contributed by atoms with Crippen LogP contribution in [-0.4, -0.2) is 4.98 Å². The van der Waals surface area contributed by atoms with Gasteiger partial charge in [0.05, 0.1) is 5.69 Å². The quantitative estimate of drug-likeness (QED) is 0.624.